The third-order valence-electron chi connectivity index (χ3n) is 2.96. The number of methoxy groups -OCH3 is 1. The van der Waals surface area contributed by atoms with Crippen LogP contribution in [0.15, 0.2) is 23.4 Å². The maximum atomic E-state index is 11.5. The van der Waals surface area contributed by atoms with Crippen LogP contribution in [0.5, 0.6) is 0 Å². The fourth-order valence-corrected chi connectivity index (χ4v) is 3.14. The van der Waals surface area contributed by atoms with Crippen molar-refractivity contribution in [3.05, 3.63) is 23.9 Å². The molecule has 0 saturated heterocycles. The Kier molecular flexibility index (Phi) is 4.36. The number of carbonyl (C=O) groups is 2. The Labute approximate surface area is 110 Å². The highest BCUT2D eigenvalue weighted by Gasteiger charge is 2.19. The van der Waals surface area contributed by atoms with Crippen LogP contribution < -0.4 is 0 Å². The molecule has 2 rings (SSSR count). The van der Waals surface area contributed by atoms with E-state index < -0.39 is 11.8 Å². The van der Waals surface area contributed by atoms with Crippen LogP contribution in [0.2, 0.25) is 0 Å². The van der Waals surface area contributed by atoms with E-state index in [-0.39, 0.29) is 5.56 Å². The lowest BCUT2D eigenvalue weighted by Crippen LogP contribution is -2.15. The lowest BCUT2D eigenvalue weighted by molar-refractivity contribution is -0.135. The summed E-state index contributed by atoms with van der Waals surface area (Å²) in [6, 6.07) is 3.42. The van der Waals surface area contributed by atoms with Gasteiger partial charge in [0.25, 0.3) is 5.78 Å². The number of thioether (sulfide) groups is 1. The second kappa shape index (κ2) is 6.00. The van der Waals surface area contributed by atoms with Crippen molar-refractivity contribution in [2.45, 2.75) is 36.0 Å². The largest absolute Gasteiger partial charge is 0.463 e. The highest BCUT2D eigenvalue weighted by Crippen LogP contribution is 2.33. The normalized spacial score (nSPS) is 15.6. The molecule has 1 heterocycles. The Morgan fingerprint density at radius 2 is 2.06 bits per heavy atom. The summed E-state index contributed by atoms with van der Waals surface area (Å²) in [6.07, 6.45) is 6.48. The van der Waals surface area contributed by atoms with E-state index in [0.717, 1.165) is 5.03 Å². The molecule has 5 heteroatoms. The number of hydrogen-bond acceptors (Lipinski definition) is 5. The first-order valence-electron chi connectivity index (χ1n) is 5.96. The number of aromatic nitrogens is 1. The molecule has 1 aromatic heterocycles. The summed E-state index contributed by atoms with van der Waals surface area (Å²) in [4.78, 5) is 26.8. The first kappa shape index (κ1) is 13.1. The number of rotatable bonds is 4. The highest BCUT2D eigenvalue weighted by molar-refractivity contribution is 7.99. The van der Waals surface area contributed by atoms with Crippen molar-refractivity contribution in [1.29, 1.82) is 0 Å². The van der Waals surface area contributed by atoms with Crippen molar-refractivity contribution in [1.82, 2.24) is 4.98 Å². The van der Waals surface area contributed by atoms with Crippen molar-refractivity contribution in [3.63, 3.8) is 0 Å². The minimum Gasteiger partial charge on any atom is -0.463 e. The van der Waals surface area contributed by atoms with E-state index in [2.05, 4.69) is 9.72 Å². The molecule has 0 amide bonds. The summed E-state index contributed by atoms with van der Waals surface area (Å²) in [5, 5.41) is 1.54. The SMILES string of the molecule is COC(=O)C(=O)c1ccc(SC2CCCC2)nc1. The quantitative estimate of drug-likeness (QED) is 0.475. The molecule has 0 N–H and O–H groups in total. The van der Waals surface area contributed by atoms with Crippen LogP contribution in [-0.2, 0) is 9.53 Å². The number of nitrogens with zero attached hydrogens (tertiary/aromatic N) is 1. The molecule has 0 spiro atoms. The summed E-state index contributed by atoms with van der Waals surface area (Å²) in [6.45, 7) is 0. The van der Waals surface area contributed by atoms with Gasteiger partial charge in [-0.05, 0) is 25.0 Å². The molecule has 1 aromatic rings. The standard InChI is InChI=1S/C13H15NO3S/c1-17-13(16)12(15)9-6-7-11(14-8-9)18-10-4-2-3-5-10/h6-8,10H,2-5H2,1H3. The number of esters is 1. The number of ketones is 1. The minimum absolute atomic E-state index is 0.276. The van der Waals surface area contributed by atoms with Crippen molar-refractivity contribution in [2.75, 3.05) is 7.11 Å². The zero-order chi connectivity index (χ0) is 13.0. The van der Waals surface area contributed by atoms with Crippen LogP contribution in [0.4, 0.5) is 0 Å². The van der Waals surface area contributed by atoms with Gasteiger partial charge in [0.05, 0.1) is 12.1 Å². The molecular weight excluding hydrogens is 250 g/mol. The monoisotopic (exact) mass is 265 g/mol. The van der Waals surface area contributed by atoms with Crippen molar-refractivity contribution < 1.29 is 14.3 Å². The molecule has 1 aliphatic rings. The minimum atomic E-state index is -0.854. The average molecular weight is 265 g/mol. The summed E-state index contributed by atoms with van der Waals surface area (Å²) >= 11 is 1.75. The smallest absolute Gasteiger partial charge is 0.379 e. The van der Waals surface area contributed by atoms with E-state index in [0.29, 0.717) is 5.25 Å². The molecule has 96 valence electrons. The van der Waals surface area contributed by atoms with Crippen LogP contribution in [0.1, 0.15) is 36.0 Å². The molecule has 0 bridgehead atoms. The number of ether oxygens (including phenoxy) is 1. The topological polar surface area (TPSA) is 56.3 Å². The fraction of sp³-hybridized carbons (Fsp3) is 0.462. The average Bonchev–Trinajstić information content (AvgIpc) is 2.91. The van der Waals surface area contributed by atoms with Gasteiger partial charge in [-0.25, -0.2) is 9.78 Å². The van der Waals surface area contributed by atoms with Gasteiger partial charge in [-0.3, -0.25) is 4.79 Å². The van der Waals surface area contributed by atoms with Gasteiger partial charge in [0.1, 0.15) is 0 Å². The number of carbonyl (C=O) groups excluding carboxylic acids is 2. The third kappa shape index (κ3) is 3.10. The number of hydrogen-bond donors (Lipinski definition) is 0. The maximum Gasteiger partial charge on any atom is 0.379 e. The van der Waals surface area contributed by atoms with Gasteiger partial charge in [-0.15, -0.1) is 11.8 Å². The van der Waals surface area contributed by atoms with E-state index in [1.165, 1.54) is 39.0 Å². The maximum absolute atomic E-state index is 11.5. The number of Topliss-reactive ketones (excluding diaryl/α,β-unsaturated/α-hetero) is 1. The Morgan fingerprint density at radius 1 is 1.33 bits per heavy atom. The molecular formula is C13H15NO3S. The molecule has 1 fully saturated rings. The van der Waals surface area contributed by atoms with Crippen LogP contribution >= 0.6 is 11.8 Å². The van der Waals surface area contributed by atoms with E-state index in [4.69, 9.17) is 0 Å². The zero-order valence-electron chi connectivity index (χ0n) is 10.2. The number of pyridine rings is 1. The van der Waals surface area contributed by atoms with Gasteiger partial charge in [-0.1, -0.05) is 12.8 Å². The Hall–Kier alpha value is -1.36. The third-order valence-corrected chi connectivity index (χ3v) is 4.25. The zero-order valence-corrected chi connectivity index (χ0v) is 11.0. The predicted molar refractivity (Wildman–Crippen MR) is 68.7 cm³/mol. The molecule has 1 aliphatic carbocycles. The second-order valence-corrected chi connectivity index (χ2v) is 5.55. The molecule has 18 heavy (non-hydrogen) atoms. The van der Waals surface area contributed by atoms with Gasteiger partial charge in [0.15, 0.2) is 0 Å². The van der Waals surface area contributed by atoms with Crippen molar-refractivity contribution >= 4 is 23.5 Å². The summed E-state index contributed by atoms with van der Waals surface area (Å²) < 4.78 is 4.38. The van der Waals surface area contributed by atoms with Gasteiger partial charge in [0.2, 0.25) is 0 Å². The predicted octanol–water partition coefficient (Wildman–Crippen LogP) is 2.47. The Balaban J connectivity index is 2.00. The molecule has 0 radical (unpaired) electrons. The summed E-state index contributed by atoms with van der Waals surface area (Å²) in [5.74, 6) is -1.50. The first-order chi connectivity index (χ1) is 8.70. The van der Waals surface area contributed by atoms with Crippen molar-refractivity contribution in [3.8, 4) is 0 Å². The Morgan fingerprint density at radius 3 is 2.61 bits per heavy atom. The van der Waals surface area contributed by atoms with Gasteiger partial charge in [0, 0.05) is 17.0 Å². The Bertz CT molecular complexity index is 438. The van der Waals surface area contributed by atoms with Gasteiger partial charge < -0.3 is 4.74 Å². The molecule has 0 atom stereocenters. The first-order valence-corrected chi connectivity index (χ1v) is 6.84. The van der Waals surface area contributed by atoms with Gasteiger partial charge >= 0.3 is 5.97 Å². The van der Waals surface area contributed by atoms with E-state index in [9.17, 15) is 9.59 Å². The lowest BCUT2D eigenvalue weighted by Gasteiger charge is -2.07. The summed E-state index contributed by atoms with van der Waals surface area (Å²) in [7, 11) is 1.19. The van der Waals surface area contributed by atoms with Crippen LogP contribution in [-0.4, -0.2) is 29.1 Å². The fourth-order valence-electron chi connectivity index (χ4n) is 1.97. The molecule has 0 aliphatic heterocycles. The van der Waals surface area contributed by atoms with Gasteiger partial charge in [-0.2, -0.15) is 0 Å². The van der Waals surface area contributed by atoms with Crippen molar-refractivity contribution in [2.24, 2.45) is 0 Å². The molecule has 4 nitrogen and oxygen atoms in total. The van der Waals surface area contributed by atoms with Crippen LogP contribution in [0, 0.1) is 0 Å². The van der Waals surface area contributed by atoms with E-state index in [1.807, 2.05) is 0 Å². The molecule has 1 saturated carbocycles. The van der Waals surface area contributed by atoms with Crippen LogP contribution in [0.3, 0.4) is 0 Å². The summed E-state index contributed by atoms with van der Waals surface area (Å²) in [5.41, 5.74) is 0.276. The molecule has 0 aromatic carbocycles. The van der Waals surface area contributed by atoms with E-state index >= 15 is 0 Å². The highest BCUT2D eigenvalue weighted by atomic mass is 32.2. The lowest BCUT2D eigenvalue weighted by atomic mass is 10.2. The van der Waals surface area contributed by atoms with E-state index in [1.54, 1.807) is 23.9 Å². The van der Waals surface area contributed by atoms with Crippen LogP contribution in [0.25, 0.3) is 0 Å². The molecule has 0 unspecified atom stereocenters. The second-order valence-electron chi connectivity index (χ2n) is 4.23.